The third kappa shape index (κ3) is 4.14. The summed E-state index contributed by atoms with van der Waals surface area (Å²) in [5.41, 5.74) is 1.51. The molecule has 1 aromatic carbocycles. The minimum absolute atomic E-state index is 0.00296. The lowest BCUT2D eigenvalue weighted by Crippen LogP contribution is -2.35. The number of rotatable bonds is 7. The number of nitrogens with zero attached hydrogens (tertiary/aromatic N) is 1. The maximum absolute atomic E-state index is 13.7. The number of hydrazine groups is 1. The van der Waals surface area contributed by atoms with Gasteiger partial charge in [0.1, 0.15) is 5.69 Å². The second-order valence-electron chi connectivity index (χ2n) is 4.99. The van der Waals surface area contributed by atoms with Crippen molar-refractivity contribution in [3.63, 3.8) is 0 Å². The first-order valence-electron chi connectivity index (χ1n) is 7.23. The van der Waals surface area contributed by atoms with E-state index in [4.69, 9.17) is 5.84 Å². The van der Waals surface area contributed by atoms with Gasteiger partial charge in [-0.15, -0.1) is 0 Å². The molecule has 4 nitrogen and oxygen atoms in total. The van der Waals surface area contributed by atoms with Gasteiger partial charge in [-0.1, -0.05) is 26.7 Å². The lowest BCUT2D eigenvalue weighted by atomic mass is 10.0. The van der Waals surface area contributed by atoms with Crippen molar-refractivity contribution in [3.05, 3.63) is 29.3 Å². The number of carbonyl (C=O) groups is 1. The van der Waals surface area contributed by atoms with Crippen molar-refractivity contribution in [1.29, 1.82) is 0 Å². The number of benzene rings is 1. The monoisotopic (exact) mass is 299 g/mol. The molecule has 0 aliphatic heterocycles. The van der Waals surface area contributed by atoms with Crippen molar-refractivity contribution in [1.82, 2.24) is 4.90 Å². The largest absolute Gasteiger partial charge is 0.339 e. The fourth-order valence-electron chi connectivity index (χ4n) is 2.23. The average molecular weight is 299 g/mol. The number of hydrogen-bond acceptors (Lipinski definition) is 3. The van der Waals surface area contributed by atoms with Crippen LogP contribution in [0.25, 0.3) is 0 Å². The molecule has 0 aromatic heterocycles. The van der Waals surface area contributed by atoms with Crippen molar-refractivity contribution in [2.75, 3.05) is 18.5 Å². The number of amides is 1. The second kappa shape index (κ2) is 7.93. The molecule has 0 saturated carbocycles. The van der Waals surface area contributed by atoms with Crippen molar-refractivity contribution in [2.45, 2.75) is 33.6 Å². The highest BCUT2D eigenvalue weighted by Crippen LogP contribution is 2.21. The summed E-state index contributed by atoms with van der Waals surface area (Å²) in [5, 5.41) is 0. The van der Waals surface area contributed by atoms with Gasteiger partial charge in [0, 0.05) is 18.7 Å². The van der Waals surface area contributed by atoms with E-state index in [0.29, 0.717) is 19.0 Å². The normalized spacial score (nSPS) is 10.8. The molecule has 0 bridgehead atoms. The molecule has 6 heteroatoms. The summed E-state index contributed by atoms with van der Waals surface area (Å²) >= 11 is 0. The third-order valence-corrected chi connectivity index (χ3v) is 3.74. The van der Waals surface area contributed by atoms with E-state index in [1.165, 1.54) is 0 Å². The van der Waals surface area contributed by atoms with Crippen LogP contribution in [0.5, 0.6) is 0 Å². The Balaban J connectivity index is 3.00. The zero-order chi connectivity index (χ0) is 16.0. The summed E-state index contributed by atoms with van der Waals surface area (Å²) in [6.07, 6.45) is 1.91. The minimum atomic E-state index is -0.876. The van der Waals surface area contributed by atoms with Crippen molar-refractivity contribution >= 4 is 11.6 Å². The molecule has 0 heterocycles. The minimum Gasteiger partial charge on any atom is -0.339 e. The van der Waals surface area contributed by atoms with Gasteiger partial charge < -0.3 is 10.3 Å². The van der Waals surface area contributed by atoms with Crippen LogP contribution in [0.2, 0.25) is 0 Å². The number of nitrogens with one attached hydrogen (secondary N) is 1. The smallest absolute Gasteiger partial charge is 0.254 e. The van der Waals surface area contributed by atoms with Gasteiger partial charge in [-0.2, -0.15) is 0 Å². The molecule has 0 radical (unpaired) electrons. The predicted molar refractivity (Wildman–Crippen MR) is 79.8 cm³/mol. The Morgan fingerprint density at radius 1 is 1.24 bits per heavy atom. The topological polar surface area (TPSA) is 58.4 Å². The highest BCUT2D eigenvalue weighted by molar-refractivity contribution is 5.94. The Morgan fingerprint density at radius 2 is 1.76 bits per heavy atom. The van der Waals surface area contributed by atoms with Crippen LogP contribution in [0, 0.1) is 17.6 Å². The lowest BCUT2D eigenvalue weighted by molar-refractivity contribution is 0.0734. The molecule has 0 atom stereocenters. The fraction of sp³-hybridized carbons (Fsp3) is 0.533. The van der Waals surface area contributed by atoms with Gasteiger partial charge in [-0.25, -0.2) is 8.78 Å². The lowest BCUT2D eigenvalue weighted by Gasteiger charge is -2.25. The number of anilines is 1. The van der Waals surface area contributed by atoms with Crippen molar-refractivity contribution < 1.29 is 13.6 Å². The Kier molecular flexibility index (Phi) is 6.55. The zero-order valence-corrected chi connectivity index (χ0v) is 12.7. The van der Waals surface area contributed by atoms with E-state index in [1.807, 2.05) is 12.3 Å². The molecule has 118 valence electrons. The molecule has 21 heavy (non-hydrogen) atoms. The molecule has 0 aliphatic rings. The maximum atomic E-state index is 13.7. The van der Waals surface area contributed by atoms with Gasteiger partial charge in [-0.3, -0.25) is 10.6 Å². The number of hydrogen-bond donors (Lipinski definition) is 2. The van der Waals surface area contributed by atoms with E-state index in [2.05, 4.69) is 13.8 Å². The summed E-state index contributed by atoms with van der Waals surface area (Å²) in [4.78, 5) is 14.0. The summed E-state index contributed by atoms with van der Waals surface area (Å²) in [7, 11) is 0. The first kappa shape index (κ1) is 17.4. The van der Waals surface area contributed by atoms with E-state index in [-0.39, 0.29) is 11.5 Å². The van der Waals surface area contributed by atoms with Crippen LogP contribution in [0.15, 0.2) is 12.1 Å². The summed E-state index contributed by atoms with van der Waals surface area (Å²) in [6, 6.07) is 2.02. The first-order chi connectivity index (χ1) is 9.98. The van der Waals surface area contributed by atoms with Gasteiger partial charge in [0.2, 0.25) is 0 Å². The van der Waals surface area contributed by atoms with Crippen LogP contribution < -0.4 is 11.3 Å². The van der Waals surface area contributed by atoms with Crippen LogP contribution in [0.1, 0.15) is 44.0 Å². The molecule has 1 aromatic rings. The number of halogens is 2. The second-order valence-corrected chi connectivity index (χ2v) is 4.99. The van der Waals surface area contributed by atoms with E-state index >= 15 is 0 Å². The first-order valence-corrected chi connectivity index (χ1v) is 7.23. The van der Waals surface area contributed by atoms with Crippen LogP contribution in [0.3, 0.4) is 0 Å². The maximum Gasteiger partial charge on any atom is 0.254 e. The Labute approximate surface area is 124 Å². The molecule has 0 unspecified atom stereocenters. The van der Waals surface area contributed by atoms with Crippen LogP contribution in [-0.2, 0) is 0 Å². The van der Waals surface area contributed by atoms with E-state index < -0.39 is 17.3 Å². The average Bonchev–Trinajstić information content (AvgIpc) is 2.47. The Morgan fingerprint density at radius 3 is 2.14 bits per heavy atom. The summed E-state index contributed by atoms with van der Waals surface area (Å²) < 4.78 is 27.4. The molecule has 1 rings (SSSR count). The fourth-order valence-corrected chi connectivity index (χ4v) is 2.23. The van der Waals surface area contributed by atoms with Crippen LogP contribution in [0.4, 0.5) is 14.5 Å². The molecule has 0 aliphatic carbocycles. The predicted octanol–water partition coefficient (Wildman–Crippen LogP) is 3.15. The van der Waals surface area contributed by atoms with E-state index in [9.17, 15) is 13.6 Å². The number of carbonyl (C=O) groups excluding carboxylic acids is 1. The molecule has 0 spiro atoms. The molecular formula is C15H23F2N3O. The Hall–Kier alpha value is -1.69. The number of nitrogen functional groups attached to an aromatic ring is 1. The molecule has 3 N–H and O–H groups in total. The number of nitrogens with two attached hydrogens (primary N) is 1. The standard InChI is InChI=1S/C15H23F2N3O/c1-4-10(5-2)9-20(6-3)15(21)11-7-12(16)14(19-18)13(17)8-11/h7-8,10,19H,4-6,9,18H2,1-3H3. The molecular weight excluding hydrogens is 276 g/mol. The molecule has 1 amide bonds. The molecule has 0 saturated heterocycles. The highest BCUT2D eigenvalue weighted by atomic mass is 19.1. The van der Waals surface area contributed by atoms with Gasteiger partial charge >= 0.3 is 0 Å². The zero-order valence-electron chi connectivity index (χ0n) is 12.7. The third-order valence-electron chi connectivity index (χ3n) is 3.74. The van der Waals surface area contributed by atoms with Gasteiger partial charge in [0.15, 0.2) is 11.6 Å². The van der Waals surface area contributed by atoms with E-state index in [1.54, 1.807) is 4.90 Å². The SMILES string of the molecule is CCC(CC)CN(CC)C(=O)c1cc(F)c(NN)c(F)c1. The van der Waals surface area contributed by atoms with Gasteiger partial charge in [-0.05, 0) is 25.0 Å². The Bertz CT molecular complexity index is 467. The van der Waals surface area contributed by atoms with Crippen molar-refractivity contribution in [3.8, 4) is 0 Å². The van der Waals surface area contributed by atoms with Crippen LogP contribution in [-0.4, -0.2) is 23.9 Å². The van der Waals surface area contributed by atoms with E-state index in [0.717, 1.165) is 25.0 Å². The highest BCUT2D eigenvalue weighted by Gasteiger charge is 2.20. The summed E-state index contributed by atoms with van der Waals surface area (Å²) in [5.74, 6) is 3.30. The van der Waals surface area contributed by atoms with Gasteiger partial charge in [0.05, 0.1) is 0 Å². The van der Waals surface area contributed by atoms with Crippen molar-refractivity contribution in [2.24, 2.45) is 11.8 Å². The van der Waals surface area contributed by atoms with Gasteiger partial charge in [0.25, 0.3) is 5.91 Å². The van der Waals surface area contributed by atoms with Crippen LogP contribution >= 0.6 is 0 Å². The quantitative estimate of drug-likeness (QED) is 0.600. The molecule has 0 fully saturated rings. The summed E-state index contributed by atoms with van der Waals surface area (Å²) in [6.45, 7) is 7.06.